The molecule has 0 bridgehead atoms. The van der Waals surface area contributed by atoms with Crippen molar-refractivity contribution >= 4 is 5.69 Å². The second-order valence-electron chi connectivity index (χ2n) is 7.66. The summed E-state index contributed by atoms with van der Waals surface area (Å²) in [5.74, 6) is 0. The first kappa shape index (κ1) is 23.5. The first-order chi connectivity index (χ1) is 19.3. The number of pyridine rings is 2. The molecule has 0 spiro atoms. The molecule has 3 aromatic carbocycles. The van der Waals surface area contributed by atoms with Crippen LogP contribution in [0.4, 0.5) is 5.69 Å². The quantitative estimate of drug-likeness (QED) is 0.188. The molecule has 183 valence electrons. The number of nitrogens with zero attached hydrogens (tertiary/aromatic N) is 5. The summed E-state index contributed by atoms with van der Waals surface area (Å²) in [4.78, 5) is 11.7. The second-order valence-corrected chi connectivity index (χ2v) is 7.66. The summed E-state index contributed by atoms with van der Waals surface area (Å²) in [6.07, 6.45) is 3.10. The summed E-state index contributed by atoms with van der Waals surface area (Å²) in [6.45, 7) is 4.75. The van der Waals surface area contributed by atoms with Gasteiger partial charge in [0.15, 0.2) is 0 Å². The minimum absolute atomic E-state index is 0. The molecule has 0 unspecified atom stereocenters. The van der Waals surface area contributed by atoms with Crippen LogP contribution in [-0.4, -0.2) is 9.97 Å². The summed E-state index contributed by atoms with van der Waals surface area (Å²) in [7, 11) is 0. The molecule has 0 fully saturated rings. The largest absolute Gasteiger partial charge is 0.304 e. The van der Waals surface area contributed by atoms with E-state index in [4.69, 9.17) is 15.9 Å². The van der Waals surface area contributed by atoms with Crippen molar-refractivity contribution in [1.29, 1.82) is 10.5 Å². The van der Waals surface area contributed by atoms with Crippen LogP contribution in [0, 0.1) is 48.2 Å². The predicted octanol–water partition coefficient (Wildman–Crippen LogP) is 7.36. The zero-order valence-corrected chi connectivity index (χ0v) is 22.2. The zero-order chi connectivity index (χ0) is 28.5. The molecule has 2 aromatic heterocycles. The topological polar surface area (TPSA) is 77.7 Å². The van der Waals surface area contributed by atoms with Crippen LogP contribution in [0.2, 0.25) is 0 Å². The number of benzene rings is 3. The average Bonchev–Trinajstić information content (AvgIpc) is 3.01. The fraction of sp³-hybridized carbons (Fsp3) is 0.0312. The van der Waals surface area contributed by atoms with Gasteiger partial charge in [-0.3, -0.25) is 4.85 Å². The molecule has 5 nitrogen and oxygen atoms in total. The van der Waals surface area contributed by atoms with Gasteiger partial charge in [0.1, 0.15) is 5.69 Å². The Kier molecular flexibility index (Phi) is 8.28. The van der Waals surface area contributed by atoms with E-state index in [9.17, 15) is 5.26 Å². The molecular formula is C32H19IrN5-2. The number of hydrogen-bond acceptors (Lipinski definition) is 4. The molecule has 0 atom stereocenters. The molecule has 0 saturated carbocycles. The van der Waals surface area contributed by atoms with Crippen LogP contribution < -0.4 is 0 Å². The van der Waals surface area contributed by atoms with E-state index in [1.54, 1.807) is 0 Å². The summed E-state index contributed by atoms with van der Waals surface area (Å²) in [6, 6.07) is 36.1. The van der Waals surface area contributed by atoms with Gasteiger partial charge in [-0.15, -0.1) is 53.6 Å². The van der Waals surface area contributed by atoms with Crippen molar-refractivity contribution in [3.63, 3.8) is 0 Å². The Labute approximate surface area is 240 Å². The third-order valence-electron chi connectivity index (χ3n) is 5.28. The van der Waals surface area contributed by atoms with E-state index >= 15 is 0 Å². The molecule has 5 aromatic rings. The van der Waals surface area contributed by atoms with Gasteiger partial charge in [-0.25, -0.2) is 5.26 Å². The summed E-state index contributed by atoms with van der Waals surface area (Å²) in [5, 5.41) is 18.3. The van der Waals surface area contributed by atoms with Crippen LogP contribution in [0.3, 0.4) is 0 Å². The van der Waals surface area contributed by atoms with Crippen molar-refractivity contribution in [2.75, 3.05) is 0 Å². The predicted molar refractivity (Wildman–Crippen MR) is 143 cm³/mol. The average molecular weight is 669 g/mol. The Bertz CT molecular complexity index is 1680. The van der Waals surface area contributed by atoms with Crippen molar-refractivity contribution < 1.29 is 24.2 Å². The molecule has 2 heterocycles. The number of aromatic nitrogens is 2. The molecule has 0 aliphatic carbocycles. The zero-order valence-electron chi connectivity index (χ0n) is 22.8. The Morgan fingerprint density at radius 3 is 2.21 bits per heavy atom. The van der Waals surface area contributed by atoms with Gasteiger partial charge in [0.25, 0.3) is 0 Å². The minimum atomic E-state index is -2.27. The minimum Gasteiger partial charge on any atom is -0.304 e. The van der Waals surface area contributed by atoms with Gasteiger partial charge in [-0.1, -0.05) is 54.6 Å². The van der Waals surface area contributed by atoms with Gasteiger partial charge in [0.05, 0.1) is 12.6 Å². The molecule has 0 amide bonds. The van der Waals surface area contributed by atoms with Gasteiger partial charge in [-0.2, -0.15) is 5.26 Å². The van der Waals surface area contributed by atoms with Gasteiger partial charge in [0, 0.05) is 42.7 Å². The molecule has 0 saturated heterocycles. The van der Waals surface area contributed by atoms with Crippen LogP contribution >= 0.6 is 0 Å². The first-order valence-electron chi connectivity index (χ1n) is 12.6. The van der Waals surface area contributed by atoms with Crippen molar-refractivity contribution in [3.8, 4) is 45.8 Å². The van der Waals surface area contributed by atoms with Crippen molar-refractivity contribution in [2.24, 2.45) is 0 Å². The number of aryl methyl sites for hydroxylation is 1. The molecule has 38 heavy (non-hydrogen) atoms. The van der Waals surface area contributed by atoms with E-state index < -0.39 is 6.85 Å². The Morgan fingerprint density at radius 1 is 0.868 bits per heavy atom. The summed E-state index contributed by atoms with van der Waals surface area (Å²) < 4.78 is 21.9. The number of rotatable bonds is 3. The third kappa shape index (κ3) is 6.64. The van der Waals surface area contributed by atoms with E-state index in [0.717, 1.165) is 16.8 Å². The Morgan fingerprint density at radius 2 is 1.63 bits per heavy atom. The monoisotopic (exact) mass is 669 g/mol. The van der Waals surface area contributed by atoms with E-state index in [0.29, 0.717) is 0 Å². The van der Waals surface area contributed by atoms with Crippen molar-refractivity contribution in [3.05, 3.63) is 138 Å². The van der Waals surface area contributed by atoms with Gasteiger partial charge >= 0.3 is 0 Å². The van der Waals surface area contributed by atoms with Crippen molar-refractivity contribution in [1.82, 2.24) is 9.97 Å². The maximum Gasteiger partial charge on any atom is 0.107 e. The molecule has 1 radical (unpaired) electrons. The molecule has 0 aliphatic heterocycles. The van der Waals surface area contributed by atoms with E-state index in [2.05, 4.69) is 45.1 Å². The molecular weight excluding hydrogens is 647 g/mol. The smallest absolute Gasteiger partial charge is 0.107 e. The van der Waals surface area contributed by atoms with E-state index in [1.165, 1.54) is 30.0 Å². The molecule has 6 heteroatoms. The number of nitriles is 2. The fourth-order valence-electron chi connectivity index (χ4n) is 3.48. The fourth-order valence-corrected chi connectivity index (χ4v) is 3.48. The Hall–Kier alpha value is -4.92. The summed E-state index contributed by atoms with van der Waals surface area (Å²) >= 11 is 0. The second kappa shape index (κ2) is 13.4. The van der Waals surface area contributed by atoms with Crippen LogP contribution in [-0.2, 0) is 20.1 Å². The van der Waals surface area contributed by atoms with Gasteiger partial charge in [0.2, 0.25) is 0 Å². The maximum absolute atomic E-state index is 9.22. The standard InChI is InChI=1S/C17H12N.C15H7N4.Ir/c1-3-7-14(8-4-1)16-11-12-17(18-13-16)15-9-5-2-6-10-15;1-10-3-4-15(19-9-10)13-6-12(18-2)5-11(7-16)14(13)8-17;/h1-9,11-13H;3-5,9H,1H3;/q2*-1;/i;1D3;. The molecule has 5 rings (SSSR count). The first-order valence-corrected chi connectivity index (χ1v) is 11.1. The van der Waals surface area contributed by atoms with E-state index in [1.807, 2.05) is 66.9 Å². The Balaban J connectivity index is 0.000000224. The van der Waals surface area contributed by atoms with Crippen molar-refractivity contribution in [2.45, 2.75) is 6.85 Å². The maximum atomic E-state index is 9.22. The third-order valence-corrected chi connectivity index (χ3v) is 5.28. The normalized spacial score (nSPS) is 10.9. The number of hydrogen-bond donors (Lipinski definition) is 0. The summed E-state index contributed by atoms with van der Waals surface area (Å²) in [5.41, 5.74) is 5.07. The SMILES string of the molecule is [2H]C([2H])([2H])c1ccc(-c2[c-]c([N+]#[C-])cc(C#N)c2C#N)nc1.[Ir].[c-]1ccccc1-c1ccc(-c2ccccc2)cn1. The van der Waals surface area contributed by atoms with Gasteiger partial charge in [-0.05, 0) is 46.1 Å². The van der Waals surface area contributed by atoms with Crippen LogP contribution in [0.15, 0.2) is 97.3 Å². The van der Waals surface area contributed by atoms with Crippen LogP contribution in [0.25, 0.3) is 38.5 Å². The molecule has 0 N–H and O–H groups in total. The van der Waals surface area contributed by atoms with Gasteiger partial charge < -0.3 is 9.97 Å². The van der Waals surface area contributed by atoms with Crippen LogP contribution in [0.1, 0.15) is 20.8 Å². The molecule has 0 aliphatic rings. The van der Waals surface area contributed by atoms with Crippen LogP contribution in [0.5, 0.6) is 0 Å². The van der Waals surface area contributed by atoms with E-state index in [-0.39, 0.29) is 53.7 Å².